The molecule has 0 aliphatic heterocycles. The highest BCUT2D eigenvalue weighted by Crippen LogP contribution is 2.29. The molecule has 0 fully saturated rings. The highest BCUT2D eigenvalue weighted by atomic mass is 32.2. The molecule has 0 aliphatic rings. The van der Waals surface area contributed by atoms with Crippen molar-refractivity contribution in [3.05, 3.63) is 24.0 Å². The van der Waals surface area contributed by atoms with E-state index in [4.69, 9.17) is 5.73 Å². The van der Waals surface area contributed by atoms with Gasteiger partial charge < -0.3 is 11.1 Å². The van der Waals surface area contributed by atoms with Crippen molar-refractivity contribution in [2.75, 3.05) is 18.0 Å². The van der Waals surface area contributed by atoms with Crippen molar-refractivity contribution >= 4 is 23.4 Å². The van der Waals surface area contributed by atoms with E-state index in [2.05, 4.69) is 10.3 Å². The normalized spacial score (nSPS) is 11.2. The molecule has 4 nitrogen and oxygen atoms in total. The van der Waals surface area contributed by atoms with Crippen LogP contribution in [0.1, 0.15) is 10.4 Å². The number of aromatic nitrogens is 1. The molecule has 1 aromatic heterocycles. The van der Waals surface area contributed by atoms with Crippen molar-refractivity contribution < 1.29 is 18.0 Å². The standard InChI is InChI=1S/C9H10F3N3OS/c10-9(11,12)17-4-3-15-8(16)6-1-2-14-5-7(6)13/h1-2,5H,3-4,13H2,(H,15,16). The number of carbonyl (C=O) groups is 1. The molecule has 8 heteroatoms. The first-order chi connectivity index (χ1) is 7.90. The first-order valence-corrected chi connectivity index (χ1v) is 5.57. The van der Waals surface area contributed by atoms with Gasteiger partial charge in [0.2, 0.25) is 0 Å². The number of hydrogen-bond acceptors (Lipinski definition) is 4. The van der Waals surface area contributed by atoms with Gasteiger partial charge in [-0.05, 0) is 17.8 Å². The lowest BCUT2D eigenvalue weighted by molar-refractivity contribution is -0.0327. The first kappa shape index (κ1) is 13.6. The van der Waals surface area contributed by atoms with E-state index in [1.807, 2.05) is 0 Å². The molecule has 1 aromatic rings. The highest BCUT2D eigenvalue weighted by molar-refractivity contribution is 8.00. The highest BCUT2D eigenvalue weighted by Gasteiger charge is 2.27. The number of amides is 1. The van der Waals surface area contributed by atoms with Crippen LogP contribution in [0.2, 0.25) is 0 Å². The average Bonchev–Trinajstić information content (AvgIpc) is 2.23. The van der Waals surface area contributed by atoms with Gasteiger partial charge in [-0.25, -0.2) is 0 Å². The van der Waals surface area contributed by atoms with E-state index in [0.29, 0.717) is 0 Å². The molecule has 94 valence electrons. The number of anilines is 1. The van der Waals surface area contributed by atoms with Crippen LogP contribution in [0.4, 0.5) is 18.9 Å². The third kappa shape index (κ3) is 4.94. The summed E-state index contributed by atoms with van der Waals surface area (Å²) in [6.07, 6.45) is 2.69. The Morgan fingerprint density at radius 2 is 2.24 bits per heavy atom. The molecule has 0 spiro atoms. The molecule has 0 saturated heterocycles. The summed E-state index contributed by atoms with van der Waals surface area (Å²) in [5, 5.41) is 2.34. The zero-order valence-electron chi connectivity index (χ0n) is 8.62. The van der Waals surface area contributed by atoms with E-state index >= 15 is 0 Å². The number of hydrogen-bond donors (Lipinski definition) is 2. The van der Waals surface area contributed by atoms with Gasteiger partial charge in [-0.1, -0.05) is 0 Å². The number of halogens is 3. The lowest BCUT2D eigenvalue weighted by Gasteiger charge is -2.08. The number of nitrogens with zero attached hydrogens (tertiary/aromatic N) is 1. The maximum atomic E-state index is 11.8. The predicted octanol–water partition coefficient (Wildman–Crippen LogP) is 1.65. The molecule has 0 radical (unpaired) electrons. The number of nitrogens with one attached hydrogen (secondary N) is 1. The van der Waals surface area contributed by atoms with Crippen LogP contribution in [0, 0.1) is 0 Å². The number of rotatable bonds is 4. The van der Waals surface area contributed by atoms with Gasteiger partial charge in [0.1, 0.15) is 0 Å². The van der Waals surface area contributed by atoms with E-state index in [0.717, 1.165) is 0 Å². The van der Waals surface area contributed by atoms with E-state index in [9.17, 15) is 18.0 Å². The maximum absolute atomic E-state index is 11.8. The van der Waals surface area contributed by atoms with Gasteiger partial charge in [-0.3, -0.25) is 9.78 Å². The maximum Gasteiger partial charge on any atom is 0.441 e. The molecule has 3 N–H and O–H groups in total. The lowest BCUT2D eigenvalue weighted by Crippen LogP contribution is -2.27. The summed E-state index contributed by atoms with van der Waals surface area (Å²) < 4.78 is 35.4. The van der Waals surface area contributed by atoms with Gasteiger partial charge in [0.25, 0.3) is 5.91 Å². The SMILES string of the molecule is Nc1cnccc1C(=O)NCCSC(F)(F)F. The number of thioether (sulfide) groups is 1. The third-order valence-corrected chi connectivity index (χ3v) is 2.49. The molecule has 0 bridgehead atoms. The lowest BCUT2D eigenvalue weighted by atomic mass is 10.2. The van der Waals surface area contributed by atoms with E-state index in [-0.39, 0.29) is 35.3 Å². The van der Waals surface area contributed by atoms with Crippen molar-refractivity contribution in [3.63, 3.8) is 0 Å². The van der Waals surface area contributed by atoms with E-state index in [1.54, 1.807) is 0 Å². The van der Waals surface area contributed by atoms with Crippen LogP contribution in [0.3, 0.4) is 0 Å². The second-order valence-electron chi connectivity index (χ2n) is 3.01. The van der Waals surface area contributed by atoms with Crippen LogP contribution in [-0.4, -0.2) is 28.7 Å². The molecular formula is C9H10F3N3OS. The molecule has 1 rings (SSSR count). The van der Waals surface area contributed by atoms with Crippen molar-refractivity contribution in [2.45, 2.75) is 5.51 Å². The Morgan fingerprint density at radius 3 is 2.82 bits per heavy atom. The molecule has 17 heavy (non-hydrogen) atoms. The topological polar surface area (TPSA) is 68.0 Å². The zero-order valence-corrected chi connectivity index (χ0v) is 9.44. The quantitative estimate of drug-likeness (QED) is 0.812. The summed E-state index contributed by atoms with van der Waals surface area (Å²) in [7, 11) is 0. The number of nitrogen functional groups attached to an aromatic ring is 1. The van der Waals surface area contributed by atoms with Crippen LogP contribution < -0.4 is 11.1 Å². The summed E-state index contributed by atoms with van der Waals surface area (Å²) in [6, 6.07) is 1.40. The number of alkyl halides is 3. The first-order valence-electron chi connectivity index (χ1n) is 4.58. The average molecular weight is 265 g/mol. The molecular weight excluding hydrogens is 255 g/mol. The Balaban J connectivity index is 2.39. The summed E-state index contributed by atoms with van der Waals surface area (Å²) in [6.45, 7) is -0.0786. The fourth-order valence-corrected chi connectivity index (χ4v) is 1.48. The van der Waals surface area contributed by atoms with Crippen LogP contribution in [0.25, 0.3) is 0 Å². The van der Waals surface area contributed by atoms with Crippen LogP contribution in [0.5, 0.6) is 0 Å². The van der Waals surface area contributed by atoms with Gasteiger partial charge in [-0.15, -0.1) is 0 Å². The van der Waals surface area contributed by atoms with Crippen LogP contribution in [-0.2, 0) is 0 Å². The molecule has 0 unspecified atom stereocenters. The fourth-order valence-electron chi connectivity index (χ4n) is 1.04. The van der Waals surface area contributed by atoms with Gasteiger partial charge in [0, 0.05) is 18.5 Å². The number of pyridine rings is 1. The minimum atomic E-state index is -4.28. The van der Waals surface area contributed by atoms with Crippen molar-refractivity contribution in [1.29, 1.82) is 0 Å². The monoisotopic (exact) mass is 265 g/mol. The van der Waals surface area contributed by atoms with Crippen molar-refractivity contribution in [1.82, 2.24) is 10.3 Å². The third-order valence-electron chi connectivity index (χ3n) is 1.75. The van der Waals surface area contributed by atoms with E-state index in [1.165, 1.54) is 18.5 Å². The molecule has 0 atom stereocenters. The Kier molecular flexibility index (Phi) is 4.62. The Bertz CT molecular complexity index is 397. The van der Waals surface area contributed by atoms with Crippen LogP contribution in [0.15, 0.2) is 18.5 Å². The Morgan fingerprint density at radius 1 is 1.53 bits per heavy atom. The largest absolute Gasteiger partial charge is 0.441 e. The zero-order chi connectivity index (χ0) is 12.9. The summed E-state index contributed by atoms with van der Waals surface area (Å²) in [5.74, 6) is -0.743. The smallest absolute Gasteiger partial charge is 0.397 e. The predicted molar refractivity (Wildman–Crippen MR) is 59.5 cm³/mol. The van der Waals surface area contributed by atoms with Gasteiger partial charge in [-0.2, -0.15) is 13.2 Å². The summed E-state index contributed by atoms with van der Waals surface area (Å²) in [4.78, 5) is 15.2. The fraction of sp³-hybridized carbons (Fsp3) is 0.333. The van der Waals surface area contributed by atoms with Gasteiger partial charge in [0.05, 0.1) is 17.4 Å². The minimum Gasteiger partial charge on any atom is -0.397 e. The Hall–Kier alpha value is -1.44. The van der Waals surface area contributed by atoms with Crippen molar-refractivity contribution in [3.8, 4) is 0 Å². The summed E-state index contributed by atoms with van der Waals surface area (Å²) >= 11 is -0.183. The second kappa shape index (κ2) is 5.76. The van der Waals surface area contributed by atoms with Gasteiger partial charge >= 0.3 is 5.51 Å². The second-order valence-corrected chi connectivity index (χ2v) is 4.17. The molecule has 0 saturated carbocycles. The van der Waals surface area contributed by atoms with E-state index < -0.39 is 11.4 Å². The van der Waals surface area contributed by atoms with Crippen molar-refractivity contribution in [2.24, 2.45) is 0 Å². The number of carbonyl (C=O) groups excluding carboxylic acids is 1. The molecule has 1 heterocycles. The minimum absolute atomic E-state index is 0.0786. The van der Waals surface area contributed by atoms with Gasteiger partial charge in [0.15, 0.2) is 0 Å². The summed E-state index contributed by atoms with van der Waals surface area (Å²) in [5.41, 5.74) is 1.60. The van der Waals surface area contributed by atoms with Crippen LogP contribution >= 0.6 is 11.8 Å². The molecule has 0 aliphatic carbocycles. The Labute approximate surface area is 99.8 Å². The molecule has 0 aromatic carbocycles. The number of nitrogens with two attached hydrogens (primary N) is 1. The molecule has 1 amide bonds.